The maximum absolute atomic E-state index is 6.25. The zero-order chi connectivity index (χ0) is 16.1. The van der Waals surface area contributed by atoms with Crippen LogP contribution >= 0.6 is 0 Å². The lowest BCUT2D eigenvalue weighted by molar-refractivity contribution is 0.0244. The third-order valence-corrected chi connectivity index (χ3v) is 5.42. The lowest BCUT2D eigenvalue weighted by Crippen LogP contribution is -2.37. The van der Waals surface area contributed by atoms with E-state index in [4.69, 9.17) is 19.9 Å². The molecule has 2 N–H and O–H groups in total. The minimum absolute atomic E-state index is 0.0403. The van der Waals surface area contributed by atoms with Crippen molar-refractivity contribution in [1.82, 2.24) is 0 Å². The van der Waals surface area contributed by atoms with Gasteiger partial charge in [0.15, 0.2) is 11.5 Å². The summed E-state index contributed by atoms with van der Waals surface area (Å²) >= 11 is 0. The molecule has 3 rings (SSSR count). The van der Waals surface area contributed by atoms with Gasteiger partial charge in [0, 0.05) is 30.4 Å². The van der Waals surface area contributed by atoms with Crippen LogP contribution in [0.4, 0.5) is 0 Å². The van der Waals surface area contributed by atoms with Gasteiger partial charge in [-0.25, -0.2) is 0 Å². The molecule has 0 bridgehead atoms. The molecule has 4 heteroatoms. The van der Waals surface area contributed by atoms with E-state index in [2.05, 4.69) is 12.1 Å². The van der Waals surface area contributed by atoms with E-state index in [0.29, 0.717) is 6.54 Å². The molecule has 0 radical (unpaired) electrons. The second kappa shape index (κ2) is 7.54. The quantitative estimate of drug-likeness (QED) is 0.903. The van der Waals surface area contributed by atoms with Crippen LogP contribution in [0.3, 0.4) is 0 Å². The summed E-state index contributed by atoms with van der Waals surface area (Å²) in [5.74, 6) is 1.74. The summed E-state index contributed by atoms with van der Waals surface area (Å²) in [5, 5.41) is 0. The van der Waals surface area contributed by atoms with Gasteiger partial charge >= 0.3 is 0 Å². The first kappa shape index (κ1) is 16.6. The molecule has 0 aromatic heterocycles. The van der Waals surface area contributed by atoms with Gasteiger partial charge in [-0.3, -0.25) is 0 Å². The lowest BCUT2D eigenvalue weighted by Gasteiger charge is -2.38. The highest BCUT2D eigenvalue weighted by atomic mass is 16.5. The summed E-state index contributed by atoms with van der Waals surface area (Å²) in [5.41, 5.74) is 7.48. The normalized spacial score (nSPS) is 21.8. The second-order valence-corrected chi connectivity index (χ2v) is 6.81. The van der Waals surface area contributed by atoms with Crippen molar-refractivity contribution < 1.29 is 14.2 Å². The lowest BCUT2D eigenvalue weighted by atomic mass is 9.69. The van der Waals surface area contributed by atoms with Crippen molar-refractivity contribution in [2.75, 3.05) is 26.9 Å². The summed E-state index contributed by atoms with van der Waals surface area (Å²) in [6.07, 6.45) is 8.17. The highest BCUT2D eigenvalue weighted by Gasteiger charge is 2.36. The molecule has 2 aliphatic rings. The van der Waals surface area contributed by atoms with E-state index < -0.39 is 0 Å². The Balaban J connectivity index is 1.89. The molecule has 0 spiro atoms. The SMILES string of the molecule is COc1c(OC2CCOCC2)cccc1C1(CN)CCCCC1. The summed E-state index contributed by atoms with van der Waals surface area (Å²) in [4.78, 5) is 0. The van der Waals surface area contributed by atoms with Gasteiger partial charge in [-0.2, -0.15) is 0 Å². The van der Waals surface area contributed by atoms with E-state index in [1.807, 2.05) is 6.07 Å². The minimum atomic E-state index is 0.0403. The Hall–Kier alpha value is -1.26. The van der Waals surface area contributed by atoms with Crippen LogP contribution in [0.15, 0.2) is 18.2 Å². The molecule has 1 heterocycles. The predicted octanol–water partition coefficient (Wildman–Crippen LogP) is 3.41. The number of para-hydroxylation sites is 1. The first-order valence-electron chi connectivity index (χ1n) is 8.91. The average molecular weight is 319 g/mol. The molecule has 0 unspecified atom stereocenters. The third-order valence-electron chi connectivity index (χ3n) is 5.42. The van der Waals surface area contributed by atoms with Gasteiger partial charge in [0.1, 0.15) is 6.10 Å². The Labute approximate surface area is 139 Å². The Bertz CT molecular complexity index is 505. The van der Waals surface area contributed by atoms with Gasteiger partial charge in [0.25, 0.3) is 0 Å². The van der Waals surface area contributed by atoms with Crippen molar-refractivity contribution in [3.8, 4) is 11.5 Å². The highest BCUT2D eigenvalue weighted by Crippen LogP contribution is 2.46. The van der Waals surface area contributed by atoms with Gasteiger partial charge in [0.2, 0.25) is 0 Å². The number of nitrogens with two attached hydrogens (primary N) is 1. The first-order chi connectivity index (χ1) is 11.3. The van der Waals surface area contributed by atoms with E-state index in [-0.39, 0.29) is 11.5 Å². The van der Waals surface area contributed by atoms with E-state index in [9.17, 15) is 0 Å². The van der Waals surface area contributed by atoms with Crippen LogP contribution in [0.25, 0.3) is 0 Å². The average Bonchev–Trinajstić information content (AvgIpc) is 2.63. The molecule has 0 atom stereocenters. The summed E-state index contributed by atoms with van der Waals surface area (Å²) in [6.45, 7) is 2.23. The molecule has 1 saturated heterocycles. The molecule has 1 aromatic rings. The zero-order valence-corrected chi connectivity index (χ0v) is 14.2. The molecular formula is C19H29NO3. The van der Waals surface area contributed by atoms with E-state index in [0.717, 1.165) is 50.4 Å². The number of ether oxygens (including phenoxy) is 3. The number of methoxy groups -OCH3 is 1. The van der Waals surface area contributed by atoms with Crippen molar-refractivity contribution in [1.29, 1.82) is 0 Å². The number of benzene rings is 1. The monoisotopic (exact) mass is 319 g/mol. The van der Waals surface area contributed by atoms with E-state index in [1.165, 1.54) is 24.8 Å². The van der Waals surface area contributed by atoms with E-state index >= 15 is 0 Å². The smallest absolute Gasteiger partial charge is 0.164 e. The number of rotatable bonds is 5. The van der Waals surface area contributed by atoms with Gasteiger partial charge in [-0.15, -0.1) is 0 Å². The van der Waals surface area contributed by atoms with Crippen LogP contribution < -0.4 is 15.2 Å². The molecular weight excluding hydrogens is 290 g/mol. The number of hydrogen-bond donors (Lipinski definition) is 1. The molecule has 2 fully saturated rings. The summed E-state index contributed by atoms with van der Waals surface area (Å²) in [7, 11) is 1.74. The van der Waals surface area contributed by atoms with Crippen molar-refractivity contribution in [2.45, 2.75) is 56.5 Å². The van der Waals surface area contributed by atoms with Crippen LogP contribution in [0.2, 0.25) is 0 Å². The third kappa shape index (κ3) is 3.48. The van der Waals surface area contributed by atoms with Crippen molar-refractivity contribution in [3.05, 3.63) is 23.8 Å². The molecule has 23 heavy (non-hydrogen) atoms. The van der Waals surface area contributed by atoms with Gasteiger partial charge in [0.05, 0.1) is 20.3 Å². The molecule has 128 valence electrons. The summed E-state index contributed by atoms with van der Waals surface area (Å²) < 4.78 is 17.5. The standard InChI is InChI=1S/C19H29NO3/c1-21-18-16(19(14-20)10-3-2-4-11-19)6-5-7-17(18)23-15-8-12-22-13-9-15/h5-7,15H,2-4,8-14,20H2,1H3. The van der Waals surface area contributed by atoms with Crippen molar-refractivity contribution in [2.24, 2.45) is 5.73 Å². The van der Waals surface area contributed by atoms with Gasteiger partial charge in [-0.1, -0.05) is 31.4 Å². The van der Waals surface area contributed by atoms with Crippen LogP contribution in [0.1, 0.15) is 50.5 Å². The van der Waals surface area contributed by atoms with Crippen LogP contribution in [0, 0.1) is 0 Å². The second-order valence-electron chi connectivity index (χ2n) is 6.81. The first-order valence-corrected chi connectivity index (χ1v) is 8.91. The zero-order valence-electron chi connectivity index (χ0n) is 14.2. The van der Waals surface area contributed by atoms with E-state index in [1.54, 1.807) is 7.11 Å². The minimum Gasteiger partial charge on any atom is -0.493 e. The molecule has 4 nitrogen and oxygen atoms in total. The Morgan fingerprint density at radius 2 is 1.91 bits per heavy atom. The van der Waals surface area contributed by atoms with Crippen LogP contribution in [0.5, 0.6) is 11.5 Å². The number of hydrogen-bond acceptors (Lipinski definition) is 4. The maximum Gasteiger partial charge on any atom is 0.164 e. The Morgan fingerprint density at radius 3 is 2.57 bits per heavy atom. The Morgan fingerprint density at radius 1 is 1.17 bits per heavy atom. The fourth-order valence-electron chi connectivity index (χ4n) is 4.02. The fourth-order valence-corrected chi connectivity index (χ4v) is 4.02. The summed E-state index contributed by atoms with van der Waals surface area (Å²) in [6, 6.07) is 6.28. The van der Waals surface area contributed by atoms with Crippen molar-refractivity contribution >= 4 is 0 Å². The molecule has 1 aliphatic carbocycles. The van der Waals surface area contributed by atoms with Crippen LogP contribution in [-0.2, 0) is 10.2 Å². The predicted molar refractivity (Wildman–Crippen MR) is 91.3 cm³/mol. The highest BCUT2D eigenvalue weighted by molar-refractivity contribution is 5.50. The molecule has 1 aromatic carbocycles. The molecule has 1 aliphatic heterocycles. The largest absolute Gasteiger partial charge is 0.493 e. The maximum atomic E-state index is 6.25. The van der Waals surface area contributed by atoms with Crippen molar-refractivity contribution in [3.63, 3.8) is 0 Å². The molecule has 0 amide bonds. The fraction of sp³-hybridized carbons (Fsp3) is 0.684. The Kier molecular flexibility index (Phi) is 5.44. The molecule has 1 saturated carbocycles. The van der Waals surface area contributed by atoms with Crippen LogP contribution in [-0.4, -0.2) is 33.0 Å². The van der Waals surface area contributed by atoms with Gasteiger partial charge < -0.3 is 19.9 Å². The van der Waals surface area contributed by atoms with Gasteiger partial charge in [-0.05, 0) is 18.9 Å². The topological polar surface area (TPSA) is 53.7 Å².